The van der Waals surface area contributed by atoms with Gasteiger partial charge in [-0.15, -0.1) is 0 Å². The zero-order chi connectivity index (χ0) is 24.2. The van der Waals surface area contributed by atoms with Crippen molar-refractivity contribution in [2.75, 3.05) is 13.2 Å². The quantitative estimate of drug-likeness (QED) is 0.421. The van der Waals surface area contributed by atoms with Crippen LogP contribution in [0.3, 0.4) is 0 Å². The van der Waals surface area contributed by atoms with Crippen molar-refractivity contribution in [3.05, 3.63) is 102 Å². The summed E-state index contributed by atoms with van der Waals surface area (Å²) in [5, 5.41) is 4.63. The molecular formula is C24H24IN5O4. The molecule has 1 aliphatic heterocycles. The number of hydrogen-bond acceptors (Lipinski definition) is 6. The van der Waals surface area contributed by atoms with Crippen LogP contribution in [-0.2, 0) is 18.4 Å². The second-order valence-corrected chi connectivity index (χ2v) is 8.93. The van der Waals surface area contributed by atoms with E-state index in [1.807, 2.05) is 37.3 Å². The third kappa shape index (κ3) is 5.07. The molecule has 3 aromatic rings. The highest BCUT2D eigenvalue weighted by Gasteiger charge is 2.15. The lowest BCUT2D eigenvalue weighted by atomic mass is 10.1. The van der Waals surface area contributed by atoms with E-state index in [4.69, 9.17) is 4.84 Å². The lowest BCUT2D eigenvalue weighted by molar-refractivity contribution is -0.144. The van der Waals surface area contributed by atoms with Gasteiger partial charge in [0, 0.05) is 28.9 Å². The van der Waals surface area contributed by atoms with Gasteiger partial charge in [-0.25, -0.2) is 4.79 Å². The minimum atomic E-state index is -0.428. The second kappa shape index (κ2) is 10.3. The number of carbonyl (C=O) groups excluding carboxylic acids is 1. The molecule has 0 unspecified atom stereocenters. The number of hydroxylamine groups is 1. The minimum absolute atomic E-state index is 0.152. The number of aryl methyl sites for hydroxylation is 1. The van der Waals surface area contributed by atoms with Gasteiger partial charge >= 0.3 is 5.69 Å². The summed E-state index contributed by atoms with van der Waals surface area (Å²) in [6.45, 7) is 2.81. The van der Waals surface area contributed by atoms with Gasteiger partial charge in [-0.3, -0.25) is 29.0 Å². The third-order valence-corrected chi connectivity index (χ3v) is 6.09. The van der Waals surface area contributed by atoms with Gasteiger partial charge in [-0.1, -0.05) is 12.1 Å². The Kier molecular flexibility index (Phi) is 7.17. The molecule has 9 nitrogen and oxygen atoms in total. The summed E-state index contributed by atoms with van der Waals surface area (Å²) in [5.41, 5.74) is 4.57. The molecule has 0 saturated carbocycles. The van der Waals surface area contributed by atoms with Crippen molar-refractivity contribution in [2.24, 2.45) is 7.05 Å². The molecule has 2 aromatic carbocycles. The standard InChI is InChI=1S/C24H24IN5O4/c1-3-34-30-15-17(10-11-27-30)13-26-22(31)18-6-9-21-20(12-18)23(32)29(24(33)28(21)2)14-16-4-7-19(25)8-5-16/h4-12,15,27H,3,13-14H2,1-2H3,(H,26,31). The zero-order valence-electron chi connectivity index (χ0n) is 18.7. The van der Waals surface area contributed by atoms with E-state index >= 15 is 0 Å². The maximum Gasteiger partial charge on any atom is 0.331 e. The number of nitrogens with zero attached hydrogens (tertiary/aromatic N) is 3. The van der Waals surface area contributed by atoms with Crippen molar-refractivity contribution < 1.29 is 9.63 Å². The fourth-order valence-electron chi connectivity index (χ4n) is 3.62. The van der Waals surface area contributed by atoms with Gasteiger partial charge in [0.15, 0.2) is 0 Å². The SMILES string of the molecule is CCON1C=C(CNC(=O)c2ccc3c(c2)c(=O)n(Cc2ccc(I)cc2)c(=O)n3C)C=CN1. The topological polar surface area (TPSA) is 97.6 Å². The second-order valence-electron chi connectivity index (χ2n) is 7.68. The summed E-state index contributed by atoms with van der Waals surface area (Å²) in [5.74, 6) is -0.324. The molecule has 0 saturated heterocycles. The first-order chi connectivity index (χ1) is 16.4. The molecule has 4 rings (SSSR count). The summed E-state index contributed by atoms with van der Waals surface area (Å²) < 4.78 is 3.69. The van der Waals surface area contributed by atoms with E-state index in [-0.39, 0.29) is 19.0 Å². The summed E-state index contributed by atoms with van der Waals surface area (Å²) in [7, 11) is 1.62. The van der Waals surface area contributed by atoms with Crippen LogP contribution in [0.1, 0.15) is 22.8 Å². The molecule has 1 aliphatic rings. The van der Waals surface area contributed by atoms with E-state index in [9.17, 15) is 14.4 Å². The van der Waals surface area contributed by atoms with Crippen LogP contribution >= 0.6 is 22.6 Å². The first kappa shape index (κ1) is 23.8. The summed E-state index contributed by atoms with van der Waals surface area (Å²) >= 11 is 2.20. The van der Waals surface area contributed by atoms with Crippen molar-refractivity contribution in [3.63, 3.8) is 0 Å². The molecule has 1 amide bonds. The van der Waals surface area contributed by atoms with Gasteiger partial charge in [-0.05, 0) is 77.1 Å². The molecule has 0 fully saturated rings. The fourth-order valence-corrected chi connectivity index (χ4v) is 3.98. The average Bonchev–Trinajstić information content (AvgIpc) is 2.85. The number of amides is 1. The van der Waals surface area contributed by atoms with Crippen LogP contribution < -0.4 is 22.0 Å². The largest absolute Gasteiger partial charge is 0.348 e. The molecule has 0 radical (unpaired) electrons. The Hall–Kier alpha value is -3.38. The highest BCUT2D eigenvalue weighted by molar-refractivity contribution is 14.1. The molecular weight excluding hydrogens is 549 g/mol. The summed E-state index contributed by atoms with van der Waals surface area (Å²) in [4.78, 5) is 44.3. The molecule has 176 valence electrons. The van der Waals surface area contributed by atoms with Crippen molar-refractivity contribution in [1.29, 1.82) is 0 Å². The van der Waals surface area contributed by atoms with E-state index in [1.54, 1.807) is 31.6 Å². The van der Waals surface area contributed by atoms with E-state index in [2.05, 4.69) is 33.3 Å². The van der Waals surface area contributed by atoms with Gasteiger partial charge in [0.25, 0.3) is 11.5 Å². The first-order valence-electron chi connectivity index (χ1n) is 10.7. The molecule has 0 aliphatic carbocycles. The van der Waals surface area contributed by atoms with Crippen molar-refractivity contribution in [2.45, 2.75) is 13.5 Å². The summed E-state index contributed by atoms with van der Waals surface area (Å²) in [6, 6.07) is 12.4. The molecule has 0 atom stereocenters. The van der Waals surface area contributed by atoms with Gasteiger partial charge in [0.2, 0.25) is 0 Å². The van der Waals surface area contributed by atoms with Crippen LogP contribution in [0.25, 0.3) is 10.9 Å². The minimum Gasteiger partial charge on any atom is -0.348 e. The number of nitrogens with one attached hydrogen (secondary N) is 2. The molecule has 0 bridgehead atoms. The Morgan fingerprint density at radius 1 is 1.15 bits per heavy atom. The van der Waals surface area contributed by atoms with E-state index < -0.39 is 11.2 Å². The number of hydrogen-bond donors (Lipinski definition) is 2. The zero-order valence-corrected chi connectivity index (χ0v) is 20.9. The Morgan fingerprint density at radius 3 is 2.65 bits per heavy atom. The number of hydrazine groups is 1. The molecule has 1 aromatic heterocycles. The molecule has 34 heavy (non-hydrogen) atoms. The maximum atomic E-state index is 13.2. The Morgan fingerprint density at radius 2 is 1.91 bits per heavy atom. The van der Waals surface area contributed by atoms with Crippen LogP contribution in [0.15, 0.2) is 76.1 Å². The van der Waals surface area contributed by atoms with Crippen LogP contribution in [0, 0.1) is 3.57 Å². The van der Waals surface area contributed by atoms with E-state index in [1.165, 1.54) is 20.4 Å². The number of rotatable bonds is 7. The highest BCUT2D eigenvalue weighted by atomic mass is 127. The first-order valence-corrected chi connectivity index (χ1v) is 11.8. The monoisotopic (exact) mass is 573 g/mol. The normalized spacial score (nSPS) is 13.0. The van der Waals surface area contributed by atoms with Crippen LogP contribution in [0.2, 0.25) is 0 Å². The molecule has 2 heterocycles. The molecule has 10 heteroatoms. The predicted molar refractivity (Wildman–Crippen MR) is 138 cm³/mol. The smallest absolute Gasteiger partial charge is 0.331 e. The van der Waals surface area contributed by atoms with Crippen molar-refractivity contribution >= 4 is 39.4 Å². The van der Waals surface area contributed by atoms with Gasteiger partial charge in [-0.2, -0.15) is 5.17 Å². The molecule has 2 N–H and O–H groups in total. The van der Waals surface area contributed by atoms with Crippen LogP contribution in [-0.4, -0.2) is 33.4 Å². The number of halogens is 1. The highest BCUT2D eigenvalue weighted by Crippen LogP contribution is 2.13. The number of fused-ring (bicyclic) bond motifs is 1. The number of benzene rings is 2. The Bertz CT molecular complexity index is 1410. The van der Waals surface area contributed by atoms with Gasteiger partial charge in [0.1, 0.15) is 0 Å². The lowest BCUT2D eigenvalue weighted by Crippen LogP contribution is -2.39. The van der Waals surface area contributed by atoms with Crippen LogP contribution in [0.5, 0.6) is 0 Å². The van der Waals surface area contributed by atoms with E-state index in [0.717, 1.165) is 14.7 Å². The summed E-state index contributed by atoms with van der Waals surface area (Å²) in [6.07, 6.45) is 5.28. The van der Waals surface area contributed by atoms with Crippen molar-refractivity contribution in [1.82, 2.24) is 25.0 Å². The maximum absolute atomic E-state index is 13.2. The predicted octanol–water partition coefficient (Wildman–Crippen LogP) is 2.25. The molecule has 0 spiro atoms. The lowest BCUT2D eigenvalue weighted by Gasteiger charge is -2.22. The fraction of sp³-hybridized carbons (Fsp3) is 0.208. The number of aromatic nitrogens is 2. The van der Waals surface area contributed by atoms with Crippen molar-refractivity contribution in [3.8, 4) is 0 Å². The third-order valence-electron chi connectivity index (χ3n) is 5.37. The Balaban J connectivity index is 1.60. The van der Waals surface area contributed by atoms with Crippen LogP contribution in [0.4, 0.5) is 0 Å². The van der Waals surface area contributed by atoms with E-state index in [0.29, 0.717) is 23.1 Å². The average molecular weight is 573 g/mol. The van der Waals surface area contributed by atoms with Gasteiger partial charge < -0.3 is 5.32 Å². The van der Waals surface area contributed by atoms with Gasteiger partial charge in [0.05, 0.1) is 30.3 Å². The Labute approximate surface area is 209 Å². The number of carbonyl (C=O) groups is 1.